The molecule has 10 heavy (non-hydrogen) atoms. The molecule has 0 aliphatic carbocycles. The average molecular weight is 142 g/mol. The normalized spacial score (nSPS) is 21.4. The number of ether oxygens (including phenoxy) is 2. The Morgan fingerprint density at radius 1 is 1.70 bits per heavy atom. The second-order valence-electron chi connectivity index (χ2n) is 3.29. The van der Waals surface area contributed by atoms with Gasteiger partial charge >= 0.3 is 0 Å². The zero-order valence-corrected chi connectivity index (χ0v) is 6.64. The van der Waals surface area contributed by atoms with E-state index >= 15 is 0 Å². The summed E-state index contributed by atoms with van der Waals surface area (Å²) in [4.78, 5) is 0. The standard InChI is InChI=1S/C8H14O2/c1-7(2)10-6-8(3)4-9-5-8/h1,4-6H2,2-3H3. The molecule has 0 saturated carbocycles. The molecule has 0 N–H and O–H groups in total. The average Bonchev–Trinajstić information content (AvgIpc) is 1.79. The van der Waals surface area contributed by atoms with Crippen LogP contribution in [0.5, 0.6) is 0 Å². The van der Waals surface area contributed by atoms with Gasteiger partial charge in [0.2, 0.25) is 0 Å². The topological polar surface area (TPSA) is 18.5 Å². The zero-order valence-electron chi connectivity index (χ0n) is 6.64. The Labute approximate surface area is 61.8 Å². The van der Waals surface area contributed by atoms with E-state index in [0.29, 0.717) is 0 Å². The zero-order chi connectivity index (χ0) is 7.61. The molecule has 0 radical (unpaired) electrons. The summed E-state index contributed by atoms with van der Waals surface area (Å²) in [5, 5.41) is 0. The van der Waals surface area contributed by atoms with Crippen LogP contribution in [0.25, 0.3) is 0 Å². The van der Waals surface area contributed by atoms with E-state index in [1.807, 2.05) is 6.92 Å². The molecule has 0 amide bonds. The van der Waals surface area contributed by atoms with Gasteiger partial charge in [0, 0.05) is 5.41 Å². The van der Waals surface area contributed by atoms with Crippen molar-refractivity contribution in [3.63, 3.8) is 0 Å². The first-order valence-electron chi connectivity index (χ1n) is 3.48. The second kappa shape index (κ2) is 2.62. The lowest BCUT2D eigenvalue weighted by molar-refractivity contribution is -0.129. The molecule has 0 aromatic rings. The van der Waals surface area contributed by atoms with Gasteiger partial charge in [-0.1, -0.05) is 13.5 Å². The van der Waals surface area contributed by atoms with Gasteiger partial charge in [0.25, 0.3) is 0 Å². The van der Waals surface area contributed by atoms with Gasteiger partial charge in [-0.15, -0.1) is 0 Å². The van der Waals surface area contributed by atoms with E-state index in [1.54, 1.807) is 0 Å². The minimum Gasteiger partial charge on any atom is -0.498 e. The van der Waals surface area contributed by atoms with E-state index < -0.39 is 0 Å². The van der Waals surface area contributed by atoms with Crippen LogP contribution in [0.1, 0.15) is 13.8 Å². The molecule has 0 aromatic heterocycles. The third kappa shape index (κ3) is 1.74. The predicted molar refractivity (Wildman–Crippen MR) is 39.7 cm³/mol. The lowest BCUT2D eigenvalue weighted by Gasteiger charge is -2.37. The lowest BCUT2D eigenvalue weighted by Crippen LogP contribution is -2.43. The van der Waals surface area contributed by atoms with Crippen LogP contribution in [0.4, 0.5) is 0 Å². The maximum absolute atomic E-state index is 5.27. The van der Waals surface area contributed by atoms with E-state index in [2.05, 4.69) is 13.5 Å². The summed E-state index contributed by atoms with van der Waals surface area (Å²) in [5.41, 5.74) is 0.249. The molecule has 0 unspecified atom stereocenters. The molecule has 0 aromatic carbocycles. The Kier molecular flexibility index (Phi) is 2.00. The number of hydrogen-bond acceptors (Lipinski definition) is 2. The first-order chi connectivity index (χ1) is 4.62. The molecule has 2 heteroatoms. The second-order valence-corrected chi connectivity index (χ2v) is 3.29. The third-order valence-corrected chi connectivity index (χ3v) is 1.57. The van der Waals surface area contributed by atoms with Crippen molar-refractivity contribution in [1.82, 2.24) is 0 Å². The fourth-order valence-corrected chi connectivity index (χ4v) is 0.831. The van der Waals surface area contributed by atoms with Gasteiger partial charge in [-0.25, -0.2) is 0 Å². The summed E-state index contributed by atoms with van der Waals surface area (Å²) in [5.74, 6) is 0.785. The smallest absolute Gasteiger partial charge is 0.0974 e. The lowest BCUT2D eigenvalue weighted by atomic mass is 9.90. The molecule has 1 heterocycles. The molecule has 58 valence electrons. The fourth-order valence-electron chi connectivity index (χ4n) is 0.831. The highest BCUT2D eigenvalue weighted by molar-refractivity contribution is 4.83. The van der Waals surface area contributed by atoms with Crippen molar-refractivity contribution >= 4 is 0 Å². The first-order valence-corrected chi connectivity index (χ1v) is 3.48. The van der Waals surface area contributed by atoms with Crippen molar-refractivity contribution in [2.24, 2.45) is 5.41 Å². The third-order valence-electron chi connectivity index (χ3n) is 1.57. The Balaban J connectivity index is 2.18. The number of rotatable bonds is 3. The van der Waals surface area contributed by atoms with Crippen molar-refractivity contribution in [3.8, 4) is 0 Å². The van der Waals surface area contributed by atoms with Gasteiger partial charge in [-0.2, -0.15) is 0 Å². The predicted octanol–water partition coefficient (Wildman–Crippen LogP) is 1.57. The maximum Gasteiger partial charge on any atom is 0.0974 e. The molecule has 1 fully saturated rings. The van der Waals surface area contributed by atoms with Crippen LogP contribution in [0, 0.1) is 5.41 Å². The van der Waals surface area contributed by atoms with Crippen LogP contribution in [0.3, 0.4) is 0 Å². The first kappa shape index (κ1) is 7.61. The molecular weight excluding hydrogens is 128 g/mol. The van der Waals surface area contributed by atoms with Gasteiger partial charge in [0.1, 0.15) is 0 Å². The maximum atomic E-state index is 5.27. The van der Waals surface area contributed by atoms with Crippen molar-refractivity contribution < 1.29 is 9.47 Å². The molecule has 1 aliphatic heterocycles. The summed E-state index contributed by atoms with van der Waals surface area (Å²) in [6.07, 6.45) is 0. The van der Waals surface area contributed by atoms with Gasteiger partial charge < -0.3 is 9.47 Å². The number of allylic oxidation sites excluding steroid dienone is 1. The van der Waals surface area contributed by atoms with Crippen LogP contribution in [0.2, 0.25) is 0 Å². The molecule has 1 aliphatic rings. The van der Waals surface area contributed by atoms with Gasteiger partial charge in [-0.3, -0.25) is 0 Å². The Morgan fingerprint density at radius 2 is 2.30 bits per heavy atom. The van der Waals surface area contributed by atoms with Crippen LogP contribution in [-0.2, 0) is 9.47 Å². The minimum atomic E-state index is 0.249. The highest BCUT2D eigenvalue weighted by Gasteiger charge is 2.33. The van der Waals surface area contributed by atoms with Crippen molar-refractivity contribution in [3.05, 3.63) is 12.3 Å². The molecule has 0 atom stereocenters. The van der Waals surface area contributed by atoms with Crippen LogP contribution < -0.4 is 0 Å². The van der Waals surface area contributed by atoms with E-state index in [1.165, 1.54) is 0 Å². The Bertz CT molecular complexity index is 136. The molecular formula is C8H14O2. The highest BCUT2D eigenvalue weighted by atomic mass is 16.5. The largest absolute Gasteiger partial charge is 0.498 e. The Hall–Kier alpha value is -0.500. The molecule has 1 saturated heterocycles. The quantitative estimate of drug-likeness (QED) is 0.557. The van der Waals surface area contributed by atoms with E-state index in [-0.39, 0.29) is 5.41 Å². The monoisotopic (exact) mass is 142 g/mol. The molecule has 0 bridgehead atoms. The van der Waals surface area contributed by atoms with Crippen molar-refractivity contribution in [1.29, 1.82) is 0 Å². The SMILES string of the molecule is C=C(C)OCC1(C)COC1. The molecule has 2 nitrogen and oxygen atoms in total. The van der Waals surface area contributed by atoms with Crippen molar-refractivity contribution in [2.45, 2.75) is 13.8 Å². The van der Waals surface area contributed by atoms with Gasteiger partial charge in [0.05, 0.1) is 25.6 Å². The summed E-state index contributed by atoms with van der Waals surface area (Å²) in [7, 11) is 0. The van der Waals surface area contributed by atoms with E-state index in [9.17, 15) is 0 Å². The Morgan fingerprint density at radius 3 is 2.60 bits per heavy atom. The minimum absolute atomic E-state index is 0.249. The van der Waals surface area contributed by atoms with E-state index in [4.69, 9.17) is 9.47 Å². The fraction of sp³-hybridized carbons (Fsp3) is 0.750. The number of hydrogen-bond donors (Lipinski definition) is 0. The molecule has 0 spiro atoms. The van der Waals surface area contributed by atoms with Gasteiger partial charge in [-0.05, 0) is 6.92 Å². The summed E-state index contributed by atoms with van der Waals surface area (Å²) in [6.45, 7) is 10.0. The van der Waals surface area contributed by atoms with Crippen LogP contribution in [-0.4, -0.2) is 19.8 Å². The summed E-state index contributed by atoms with van der Waals surface area (Å²) < 4.78 is 10.3. The van der Waals surface area contributed by atoms with E-state index in [0.717, 1.165) is 25.6 Å². The molecule has 1 rings (SSSR count). The summed E-state index contributed by atoms with van der Waals surface area (Å²) >= 11 is 0. The van der Waals surface area contributed by atoms with Crippen LogP contribution >= 0.6 is 0 Å². The van der Waals surface area contributed by atoms with Crippen LogP contribution in [0.15, 0.2) is 12.3 Å². The highest BCUT2D eigenvalue weighted by Crippen LogP contribution is 2.26. The van der Waals surface area contributed by atoms with Gasteiger partial charge in [0.15, 0.2) is 0 Å². The summed E-state index contributed by atoms with van der Waals surface area (Å²) in [6, 6.07) is 0. The van der Waals surface area contributed by atoms with Crippen molar-refractivity contribution in [2.75, 3.05) is 19.8 Å².